The molecule has 2 rings (SSSR count). The molecule has 108 valence electrons. The molecular formula is C15H20N2O2S. The van der Waals surface area contributed by atoms with E-state index in [1.807, 2.05) is 43.5 Å². The maximum absolute atomic E-state index is 5.63. The molecule has 0 atom stereocenters. The van der Waals surface area contributed by atoms with Gasteiger partial charge in [-0.25, -0.2) is 4.98 Å². The molecule has 0 amide bonds. The number of nitrogens with zero attached hydrogens (tertiary/aromatic N) is 1. The molecule has 0 unspecified atom stereocenters. The Morgan fingerprint density at radius 3 is 2.65 bits per heavy atom. The molecule has 0 radical (unpaired) electrons. The smallest absolute Gasteiger partial charge is 0.183 e. The fourth-order valence-electron chi connectivity index (χ4n) is 1.72. The van der Waals surface area contributed by atoms with Crippen LogP contribution in [0.5, 0.6) is 5.75 Å². The van der Waals surface area contributed by atoms with Gasteiger partial charge >= 0.3 is 0 Å². The van der Waals surface area contributed by atoms with Crippen LogP contribution in [0.3, 0.4) is 0 Å². The Bertz CT molecular complexity index is 523. The molecule has 0 saturated heterocycles. The van der Waals surface area contributed by atoms with Crippen LogP contribution in [0.15, 0.2) is 29.6 Å². The van der Waals surface area contributed by atoms with Crippen molar-refractivity contribution in [3.8, 4) is 17.0 Å². The normalized spacial score (nSPS) is 10.8. The second-order valence-corrected chi connectivity index (χ2v) is 5.51. The topological polar surface area (TPSA) is 43.4 Å². The number of ether oxygens (including phenoxy) is 2. The van der Waals surface area contributed by atoms with Crippen molar-refractivity contribution in [3.05, 3.63) is 29.6 Å². The lowest BCUT2D eigenvalue weighted by atomic mass is 10.2. The first-order chi connectivity index (χ1) is 9.69. The summed E-state index contributed by atoms with van der Waals surface area (Å²) < 4.78 is 10.6. The van der Waals surface area contributed by atoms with Gasteiger partial charge in [-0.2, -0.15) is 0 Å². The Balaban J connectivity index is 2.00. The van der Waals surface area contributed by atoms with Gasteiger partial charge in [-0.3, -0.25) is 0 Å². The summed E-state index contributed by atoms with van der Waals surface area (Å²) in [5.74, 6) is 0.887. The molecule has 0 aliphatic heterocycles. The predicted octanol–water partition coefficient (Wildman–Crippen LogP) is 3.66. The fourth-order valence-corrected chi connectivity index (χ4v) is 2.47. The molecule has 0 saturated carbocycles. The van der Waals surface area contributed by atoms with Gasteiger partial charge in [0.25, 0.3) is 0 Å². The number of rotatable bonds is 7. The Labute approximate surface area is 123 Å². The van der Waals surface area contributed by atoms with Crippen LogP contribution in [0, 0.1) is 0 Å². The number of thiazole rings is 1. The van der Waals surface area contributed by atoms with E-state index in [2.05, 4.69) is 10.3 Å². The van der Waals surface area contributed by atoms with Crippen molar-refractivity contribution in [3.63, 3.8) is 0 Å². The average molecular weight is 292 g/mol. The molecule has 0 aliphatic carbocycles. The van der Waals surface area contributed by atoms with Crippen molar-refractivity contribution < 1.29 is 9.47 Å². The molecule has 5 heteroatoms. The van der Waals surface area contributed by atoms with E-state index in [1.165, 1.54) is 0 Å². The van der Waals surface area contributed by atoms with Gasteiger partial charge in [-0.05, 0) is 38.1 Å². The average Bonchev–Trinajstić information content (AvgIpc) is 2.88. The third kappa shape index (κ3) is 4.21. The van der Waals surface area contributed by atoms with E-state index in [1.54, 1.807) is 18.4 Å². The van der Waals surface area contributed by atoms with Gasteiger partial charge in [0.1, 0.15) is 5.75 Å². The van der Waals surface area contributed by atoms with Crippen molar-refractivity contribution in [1.82, 2.24) is 4.98 Å². The van der Waals surface area contributed by atoms with Crippen LogP contribution < -0.4 is 10.1 Å². The Morgan fingerprint density at radius 1 is 1.25 bits per heavy atom. The van der Waals surface area contributed by atoms with Gasteiger partial charge in [0.15, 0.2) is 5.13 Å². The largest absolute Gasteiger partial charge is 0.491 e. The van der Waals surface area contributed by atoms with E-state index in [-0.39, 0.29) is 6.10 Å². The first-order valence-corrected chi connectivity index (χ1v) is 7.52. The summed E-state index contributed by atoms with van der Waals surface area (Å²) in [7, 11) is 1.69. The van der Waals surface area contributed by atoms with Crippen LogP contribution in [0.1, 0.15) is 13.8 Å². The van der Waals surface area contributed by atoms with Crippen LogP contribution in [-0.4, -0.2) is 31.3 Å². The van der Waals surface area contributed by atoms with Crippen LogP contribution >= 0.6 is 11.3 Å². The summed E-state index contributed by atoms with van der Waals surface area (Å²) in [5, 5.41) is 6.20. The molecule has 20 heavy (non-hydrogen) atoms. The molecular weight excluding hydrogens is 272 g/mol. The van der Waals surface area contributed by atoms with Crippen molar-refractivity contribution in [2.75, 3.05) is 25.6 Å². The molecule has 1 N–H and O–H groups in total. The first kappa shape index (κ1) is 14.8. The van der Waals surface area contributed by atoms with Gasteiger partial charge in [0, 0.05) is 24.6 Å². The predicted molar refractivity (Wildman–Crippen MR) is 83.7 cm³/mol. The van der Waals surface area contributed by atoms with Crippen LogP contribution in [-0.2, 0) is 4.74 Å². The van der Waals surface area contributed by atoms with Gasteiger partial charge in [-0.1, -0.05) is 0 Å². The lowest BCUT2D eigenvalue weighted by molar-refractivity contribution is 0.211. The first-order valence-electron chi connectivity index (χ1n) is 6.64. The van der Waals surface area contributed by atoms with Gasteiger partial charge in [0.2, 0.25) is 0 Å². The summed E-state index contributed by atoms with van der Waals surface area (Å²) in [6.45, 7) is 5.49. The van der Waals surface area contributed by atoms with Crippen molar-refractivity contribution in [2.24, 2.45) is 0 Å². The zero-order valence-corrected chi connectivity index (χ0v) is 12.9. The maximum atomic E-state index is 5.63. The minimum Gasteiger partial charge on any atom is -0.491 e. The van der Waals surface area contributed by atoms with Crippen molar-refractivity contribution in [1.29, 1.82) is 0 Å². The van der Waals surface area contributed by atoms with Crippen LogP contribution in [0.25, 0.3) is 11.3 Å². The number of methoxy groups -OCH3 is 1. The third-order valence-corrected chi connectivity index (χ3v) is 3.41. The Kier molecular flexibility index (Phi) is 5.38. The van der Waals surface area contributed by atoms with E-state index in [4.69, 9.17) is 9.47 Å². The summed E-state index contributed by atoms with van der Waals surface area (Å²) >= 11 is 1.60. The van der Waals surface area contributed by atoms with Gasteiger partial charge in [0.05, 0.1) is 18.4 Å². The molecule has 0 aliphatic rings. The molecule has 4 nitrogen and oxygen atoms in total. The number of aromatic nitrogens is 1. The number of hydrogen-bond acceptors (Lipinski definition) is 5. The van der Waals surface area contributed by atoms with Gasteiger partial charge < -0.3 is 14.8 Å². The zero-order valence-electron chi connectivity index (χ0n) is 12.1. The fraction of sp³-hybridized carbons (Fsp3) is 0.400. The number of benzene rings is 1. The second kappa shape index (κ2) is 7.26. The van der Waals surface area contributed by atoms with E-state index in [0.717, 1.165) is 28.7 Å². The minimum absolute atomic E-state index is 0.191. The molecule has 1 aromatic carbocycles. The molecule has 0 fully saturated rings. The molecule has 1 aromatic heterocycles. The quantitative estimate of drug-likeness (QED) is 0.791. The van der Waals surface area contributed by atoms with E-state index in [9.17, 15) is 0 Å². The lowest BCUT2D eigenvalue weighted by Gasteiger charge is -2.09. The highest BCUT2D eigenvalue weighted by molar-refractivity contribution is 7.14. The van der Waals surface area contributed by atoms with Gasteiger partial charge in [-0.15, -0.1) is 11.3 Å². The standard InChI is InChI=1S/C15H20N2O2S/c1-11(2)19-13-6-4-12(5-7-13)14-10-20-15(17-14)16-8-9-18-3/h4-7,10-11H,8-9H2,1-3H3,(H,16,17). The van der Waals surface area contributed by atoms with E-state index < -0.39 is 0 Å². The third-order valence-electron chi connectivity index (χ3n) is 2.61. The summed E-state index contributed by atoms with van der Waals surface area (Å²) in [6.07, 6.45) is 0.191. The Morgan fingerprint density at radius 2 is 2.00 bits per heavy atom. The second-order valence-electron chi connectivity index (χ2n) is 4.65. The lowest BCUT2D eigenvalue weighted by Crippen LogP contribution is -2.07. The highest BCUT2D eigenvalue weighted by Crippen LogP contribution is 2.26. The minimum atomic E-state index is 0.191. The van der Waals surface area contributed by atoms with Crippen molar-refractivity contribution >= 4 is 16.5 Å². The highest BCUT2D eigenvalue weighted by atomic mass is 32.1. The molecule has 1 heterocycles. The zero-order chi connectivity index (χ0) is 14.4. The number of nitrogens with one attached hydrogen (secondary N) is 1. The van der Waals surface area contributed by atoms with Crippen LogP contribution in [0.4, 0.5) is 5.13 Å². The summed E-state index contributed by atoms with van der Waals surface area (Å²) in [4.78, 5) is 4.55. The Hall–Kier alpha value is -1.59. The maximum Gasteiger partial charge on any atom is 0.183 e. The monoisotopic (exact) mass is 292 g/mol. The number of hydrogen-bond donors (Lipinski definition) is 1. The van der Waals surface area contributed by atoms with Crippen LogP contribution in [0.2, 0.25) is 0 Å². The van der Waals surface area contributed by atoms with Crippen molar-refractivity contribution in [2.45, 2.75) is 20.0 Å². The summed E-state index contributed by atoms with van der Waals surface area (Å²) in [5.41, 5.74) is 2.07. The SMILES string of the molecule is COCCNc1nc(-c2ccc(OC(C)C)cc2)cs1. The van der Waals surface area contributed by atoms with E-state index >= 15 is 0 Å². The van der Waals surface area contributed by atoms with E-state index in [0.29, 0.717) is 6.61 Å². The number of anilines is 1. The molecule has 0 bridgehead atoms. The molecule has 2 aromatic rings. The highest BCUT2D eigenvalue weighted by Gasteiger charge is 2.05. The summed E-state index contributed by atoms with van der Waals surface area (Å²) in [6, 6.07) is 8.02. The molecule has 0 spiro atoms.